The first-order chi connectivity index (χ1) is 34.6. The van der Waals surface area contributed by atoms with Crippen molar-refractivity contribution in [2.24, 2.45) is 0 Å². The molecule has 12 aromatic rings. The van der Waals surface area contributed by atoms with E-state index < -0.39 is 0 Å². The maximum atomic E-state index is 6.88. The Bertz CT molecular complexity index is 3780. The number of furan rings is 2. The number of hydrogen-bond donors (Lipinski definition) is 0. The van der Waals surface area contributed by atoms with Crippen molar-refractivity contribution in [2.45, 2.75) is 47.0 Å². The standard InChI is InChI=1S/C67H52N2O2/c1-41-17-23-51(33-43(41)3)68(49-25-19-47(20-26-49)45-13-9-7-10-14-45)53-29-31-55-59-37-61-57(39-65(59)70-63(55)35-53)58-40-66-60(38-62(58)67(61,5)6)56-32-30-54(36-64(56)71-66)69(52-24-18-42(2)44(4)34-52)50-27-21-48(22-28-50)46-15-11-8-12-16-46/h7-40H,1-6H3. The topological polar surface area (TPSA) is 32.8 Å². The van der Waals surface area contributed by atoms with E-state index in [-0.39, 0.29) is 5.41 Å². The third kappa shape index (κ3) is 7.04. The van der Waals surface area contributed by atoms with Crippen molar-refractivity contribution in [1.29, 1.82) is 0 Å². The molecule has 0 bridgehead atoms. The lowest BCUT2D eigenvalue weighted by molar-refractivity contribution is 0.656. The van der Waals surface area contributed by atoms with Gasteiger partial charge in [0.1, 0.15) is 22.3 Å². The lowest BCUT2D eigenvalue weighted by atomic mass is 9.81. The van der Waals surface area contributed by atoms with Gasteiger partial charge in [-0.25, -0.2) is 0 Å². The highest BCUT2D eigenvalue weighted by molar-refractivity contribution is 6.11. The zero-order valence-electron chi connectivity index (χ0n) is 40.8. The summed E-state index contributed by atoms with van der Waals surface area (Å²) in [7, 11) is 0. The van der Waals surface area contributed by atoms with Crippen LogP contribution in [0.15, 0.2) is 215 Å². The summed E-state index contributed by atoms with van der Waals surface area (Å²) >= 11 is 0. The molecular weight excluding hydrogens is 865 g/mol. The molecule has 2 heterocycles. The quantitative estimate of drug-likeness (QED) is 0.152. The van der Waals surface area contributed by atoms with Crippen molar-refractivity contribution in [3.8, 4) is 33.4 Å². The number of rotatable bonds is 8. The largest absolute Gasteiger partial charge is 0.456 e. The molecule has 0 saturated carbocycles. The highest BCUT2D eigenvalue weighted by Gasteiger charge is 2.37. The van der Waals surface area contributed by atoms with Crippen LogP contribution in [0, 0.1) is 27.7 Å². The minimum atomic E-state index is -0.252. The number of nitrogens with zero attached hydrogens (tertiary/aromatic N) is 2. The summed E-state index contributed by atoms with van der Waals surface area (Å²) in [5.74, 6) is 0. The summed E-state index contributed by atoms with van der Waals surface area (Å²) in [5, 5.41) is 4.47. The average Bonchev–Trinajstić information content (AvgIpc) is 4.01. The Morgan fingerprint density at radius 2 is 0.634 bits per heavy atom. The van der Waals surface area contributed by atoms with Crippen LogP contribution < -0.4 is 9.80 Å². The van der Waals surface area contributed by atoms with E-state index >= 15 is 0 Å². The predicted molar refractivity (Wildman–Crippen MR) is 298 cm³/mol. The fourth-order valence-electron chi connectivity index (χ4n) is 11.0. The SMILES string of the molecule is Cc1ccc(N(c2ccc(-c3ccccc3)cc2)c2ccc3c(c2)oc2cc4c(cc23)C(C)(C)c2cc3c(cc2-4)oc2cc(N(c4ccc(-c5ccccc5)cc4)c4ccc(C)c(C)c4)ccc23)cc1C. The van der Waals surface area contributed by atoms with E-state index in [1.807, 2.05) is 0 Å². The summed E-state index contributed by atoms with van der Waals surface area (Å²) in [6, 6.07) is 74.8. The minimum Gasteiger partial charge on any atom is -0.456 e. The number of aryl methyl sites for hydroxylation is 4. The molecule has 0 radical (unpaired) electrons. The minimum absolute atomic E-state index is 0.252. The Hall–Kier alpha value is -8.60. The average molecular weight is 917 g/mol. The van der Waals surface area contributed by atoms with E-state index in [2.05, 4.69) is 258 Å². The Kier molecular flexibility index (Phi) is 9.73. The van der Waals surface area contributed by atoms with Gasteiger partial charge in [-0.15, -0.1) is 0 Å². The normalized spacial score (nSPS) is 12.8. The summed E-state index contributed by atoms with van der Waals surface area (Å²) in [6.07, 6.45) is 0. The Labute approximate surface area is 414 Å². The Balaban J connectivity index is 0.884. The van der Waals surface area contributed by atoms with Crippen LogP contribution in [-0.2, 0) is 5.41 Å². The first-order valence-electron chi connectivity index (χ1n) is 24.6. The van der Waals surface area contributed by atoms with Crippen LogP contribution in [0.5, 0.6) is 0 Å². The molecule has 0 aliphatic heterocycles. The molecule has 4 heteroatoms. The molecule has 71 heavy (non-hydrogen) atoms. The van der Waals surface area contributed by atoms with Crippen LogP contribution in [0.4, 0.5) is 34.1 Å². The van der Waals surface area contributed by atoms with E-state index in [1.165, 1.54) is 66.8 Å². The summed E-state index contributed by atoms with van der Waals surface area (Å²) in [4.78, 5) is 4.66. The molecule has 0 atom stereocenters. The molecule has 0 fully saturated rings. The molecule has 4 nitrogen and oxygen atoms in total. The molecule has 0 amide bonds. The van der Waals surface area contributed by atoms with E-state index in [4.69, 9.17) is 8.83 Å². The molecule has 342 valence electrons. The van der Waals surface area contributed by atoms with Gasteiger partial charge in [0.15, 0.2) is 0 Å². The van der Waals surface area contributed by atoms with E-state index in [0.29, 0.717) is 0 Å². The fourth-order valence-corrected chi connectivity index (χ4v) is 11.0. The van der Waals surface area contributed by atoms with Crippen molar-refractivity contribution in [2.75, 3.05) is 9.80 Å². The summed E-state index contributed by atoms with van der Waals surface area (Å²) in [6.45, 7) is 13.4. The van der Waals surface area contributed by atoms with Crippen molar-refractivity contribution >= 4 is 78.0 Å². The smallest absolute Gasteiger partial charge is 0.137 e. The van der Waals surface area contributed by atoms with Gasteiger partial charge < -0.3 is 18.6 Å². The fraction of sp³-hybridized carbons (Fsp3) is 0.104. The van der Waals surface area contributed by atoms with Crippen LogP contribution in [0.2, 0.25) is 0 Å². The maximum absolute atomic E-state index is 6.88. The van der Waals surface area contributed by atoms with Gasteiger partial charge in [0.25, 0.3) is 0 Å². The summed E-state index contributed by atoms with van der Waals surface area (Å²) in [5.41, 5.74) is 24.5. The van der Waals surface area contributed by atoms with Gasteiger partial charge in [0.05, 0.1) is 0 Å². The van der Waals surface area contributed by atoms with Gasteiger partial charge in [0, 0.05) is 73.2 Å². The van der Waals surface area contributed by atoms with E-state index in [9.17, 15) is 0 Å². The molecule has 13 rings (SSSR count). The second kappa shape index (κ2) is 16.3. The molecule has 0 unspecified atom stereocenters. The highest BCUT2D eigenvalue weighted by Crippen LogP contribution is 2.53. The Morgan fingerprint density at radius 1 is 0.296 bits per heavy atom. The summed E-state index contributed by atoms with van der Waals surface area (Å²) < 4.78 is 13.8. The van der Waals surface area contributed by atoms with Crippen LogP contribution >= 0.6 is 0 Å². The lowest BCUT2D eigenvalue weighted by Crippen LogP contribution is -2.14. The zero-order valence-corrected chi connectivity index (χ0v) is 40.8. The molecule has 2 aromatic heterocycles. The molecule has 0 spiro atoms. The predicted octanol–water partition coefficient (Wildman–Crippen LogP) is 19.3. The number of fused-ring (bicyclic) bond motifs is 9. The third-order valence-corrected chi connectivity index (χ3v) is 15.3. The molecule has 0 saturated heterocycles. The molecule has 10 aromatic carbocycles. The van der Waals surface area contributed by atoms with Gasteiger partial charge in [-0.2, -0.15) is 0 Å². The third-order valence-electron chi connectivity index (χ3n) is 15.3. The second-order valence-corrected chi connectivity index (χ2v) is 20.0. The van der Waals surface area contributed by atoms with Gasteiger partial charge >= 0.3 is 0 Å². The lowest BCUT2D eigenvalue weighted by Gasteiger charge is -2.26. The molecule has 1 aliphatic carbocycles. The van der Waals surface area contributed by atoms with Crippen LogP contribution in [-0.4, -0.2) is 0 Å². The van der Waals surface area contributed by atoms with Gasteiger partial charge in [-0.05, 0) is 192 Å². The van der Waals surface area contributed by atoms with Crippen molar-refractivity contribution in [3.63, 3.8) is 0 Å². The number of hydrogen-bond acceptors (Lipinski definition) is 4. The second-order valence-electron chi connectivity index (χ2n) is 20.0. The molecule has 0 N–H and O–H groups in total. The van der Waals surface area contributed by atoms with Gasteiger partial charge in [-0.1, -0.05) is 111 Å². The van der Waals surface area contributed by atoms with Crippen LogP contribution in [0.25, 0.3) is 77.3 Å². The molecule has 1 aliphatic rings. The first kappa shape index (κ1) is 42.5. The zero-order chi connectivity index (χ0) is 48.1. The van der Waals surface area contributed by atoms with Crippen molar-refractivity contribution < 1.29 is 8.83 Å². The van der Waals surface area contributed by atoms with Crippen molar-refractivity contribution in [3.05, 3.63) is 240 Å². The van der Waals surface area contributed by atoms with Crippen LogP contribution in [0.1, 0.15) is 47.2 Å². The number of anilines is 6. The Morgan fingerprint density at radius 3 is 1.03 bits per heavy atom. The van der Waals surface area contributed by atoms with E-state index in [1.54, 1.807) is 0 Å². The van der Waals surface area contributed by atoms with E-state index in [0.717, 1.165) is 78.0 Å². The molecular formula is C67H52N2O2. The van der Waals surface area contributed by atoms with Crippen LogP contribution in [0.3, 0.4) is 0 Å². The maximum Gasteiger partial charge on any atom is 0.137 e. The van der Waals surface area contributed by atoms with Gasteiger partial charge in [-0.3, -0.25) is 0 Å². The highest BCUT2D eigenvalue weighted by atomic mass is 16.3. The monoisotopic (exact) mass is 916 g/mol. The number of benzene rings is 10. The first-order valence-corrected chi connectivity index (χ1v) is 24.6. The van der Waals surface area contributed by atoms with Crippen molar-refractivity contribution in [1.82, 2.24) is 0 Å². The van der Waals surface area contributed by atoms with Gasteiger partial charge in [0.2, 0.25) is 0 Å².